The summed E-state index contributed by atoms with van der Waals surface area (Å²) in [5.41, 5.74) is 5.85. The van der Waals surface area contributed by atoms with E-state index in [0.29, 0.717) is 5.75 Å². The lowest BCUT2D eigenvalue weighted by Gasteiger charge is -2.17. The van der Waals surface area contributed by atoms with Crippen LogP contribution in [0.1, 0.15) is 13.8 Å². The molecule has 7 heteroatoms. The lowest BCUT2D eigenvalue weighted by atomic mass is 10.1. The molecule has 0 saturated carbocycles. The Kier molecular flexibility index (Phi) is 5.79. The molecule has 6 nitrogen and oxygen atoms in total. The molecule has 0 heterocycles. The lowest BCUT2D eigenvalue weighted by molar-refractivity contribution is 0.391. The van der Waals surface area contributed by atoms with Crippen molar-refractivity contribution in [1.29, 1.82) is 0 Å². The number of sulfonamides is 1. The highest BCUT2D eigenvalue weighted by atomic mass is 32.2. The van der Waals surface area contributed by atoms with E-state index in [1.165, 1.54) is 20.3 Å². The van der Waals surface area contributed by atoms with Gasteiger partial charge in [-0.15, -0.1) is 0 Å². The minimum Gasteiger partial charge on any atom is -0.497 e. The summed E-state index contributed by atoms with van der Waals surface area (Å²) in [6, 6.07) is 4.36. The fourth-order valence-corrected chi connectivity index (χ4v) is 2.77. The molecule has 3 N–H and O–H groups in total. The van der Waals surface area contributed by atoms with E-state index >= 15 is 0 Å². The first-order chi connectivity index (χ1) is 9.31. The van der Waals surface area contributed by atoms with E-state index in [1.54, 1.807) is 12.1 Å². The first-order valence-corrected chi connectivity index (χ1v) is 7.77. The normalized spacial score (nSPS) is 13.3. The van der Waals surface area contributed by atoms with Crippen LogP contribution < -0.4 is 19.9 Å². The van der Waals surface area contributed by atoms with Crippen molar-refractivity contribution < 1.29 is 17.9 Å². The van der Waals surface area contributed by atoms with E-state index in [2.05, 4.69) is 4.72 Å². The number of rotatable bonds is 7. The average molecular weight is 302 g/mol. The van der Waals surface area contributed by atoms with Crippen LogP contribution in [0.25, 0.3) is 0 Å². The SMILES string of the molecule is COc1ccc(OC)c(S(=O)(=O)NCC(N)C(C)C)c1. The molecular formula is C13H22N2O4S. The van der Waals surface area contributed by atoms with Crippen LogP contribution in [0, 0.1) is 5.92 Å². The van der Waals surface area contributed by atoms with Gasteiger partial charge in [-0.3, -0.25) is 0 Å². The fourth-order valence-electron chi connectivity index (χ4n) is 1.51. The highest BCUT2D eigenvalue weighted by Gasteiger charge is 2.21. The summed E-state index contributed by atoms with van der Waals surface area (Å²) in [4.78, 5) is 0.0373. The van der Waals surface area contributed by atoms with Crippen LogP contribution in [0.5, 0.6) is 11.5 Å². The minimum absolute atomic E-state index is 0.0373. The Labute approximate surface area is 120 Å². The van der Waals surface area contributed by atoms with Gasteiger partial charge in [-0.2, -0.15) is 0 Å². The van der Waals surface area contributed by atoms with Gasteiger partial charge in [0, 0.05) is 18.7 Å². The highest BCUT2D eigenvalue weighted by Crippen LogP contribution is 2.27. The summed E-state index contributed by atoms with van der Waals surface area (Å²) in [6.45, 7) is 4.04. The van der Waals surface area contributed by atoms with Crippen molar-refractivity contribution in [2.24, 2.45) is 11.7 Å². The van der Waals surface area contributed by atoms with Gasteiger partial charge in [-0.1, -0.05) is 13.8 Å². The molecule has 0 bridgehead atoms. The monoisotopic (exact) mass is 302 g/mol. The van der Waals surface area contributed by atoms with Crippen molar-refractivity contribution in [1.82, 2.24) is 4.72 Å². The van der Waals surface area contributed by atoms with Gasteiger partial charge in [-0.25, -0.2) is 13.1 Å². The van der Waals surface area contributed by atoms with Crippen molar-refractivity contribution in [3.05, 3.63) is 18.2 Å². The summed E-state index contributed by atoms with van der Waals surface area (Å²) < 4.78 is 37.2. The largest absolute Gasteiger partial charge is 0.497 e. The van der Waals surface area contributed by atoms with E-state index in [-0.39, 0.29) is 29.1 Å². The summed E-state index contributed by atoms with van der Waals surface area (Å²) >= 11 is 0. The molecular weight excluding hydrogens is 280 g/mol. The number of benzene rings is 1. The zero-order valence-electron chi connectivity index (χ0n) is 12.2. The summed E-state index contributed by atoms with van der Waals surface area (Å²) in [7, 11) is -0.809. The molecule has 1 atom stereocenters. The van der Waals surface area contributed by atoms with Gasteiger partial charge in [-0.05, 0) is 18.1 Å². The van der Waals surface area contributed by atoms with Gasteiger partial charge in [0.1, 0.15) is 16.4 Å². The molecule has 0 aliphatic carbocycles. The number of nitrogens with two attached hydrogens (primary N) is 1. The molecule has 0 spiro atoms. The standard InChI is InChI=1S/C13H22N2O4S/c1-9(2)11(14)8-15-20(16,17)13-7-10(18-3)5-6-12(13)19-4/h5-7,9,11,15H,8,14H2,1-4H3. The molecule has 0 saturated heterocycles. The average Bonchev–Trinajstić information content (AvgIpc) is 2.43. The van der Waals surface area contributed by atoms with Crippen LogP contribution in [-0.4, -0.2) is 35.2 Å². The molecule has 114 valence electrons. The Hall–Kier alpha value is -1.31. The molecule has 0 radical (unpaired) electrons. The van der Waals surface area contributed by atoms with Crippen molar-refractivity contribution in [2.45, 2.75) is 24.8 Å². The zero-order valence-corrected chi connectivity index (χ0v) is 13.0. The van der Waals surface area contributed by atoms with Gasteiger partial charge >= 0.3 is 0 Å². The maximum absolute atomic E-state index is 12.3. The Bertz CT molecular complexity index is 543. The molecule has 20 heavy (non-hydrogen) atoms. The van der Waals surface area contributed by atoms with E-state index in [9.17, 15) is 8.42 Å². The predicted molar refractivity (Wildman–Crippen MR) is 77.5 cm³/mol. The summed E-state index contributed by atoms with van der Waals surface area (Å²) in [5.74, 6) is 0.889. The van der Waals surface area contributed by atoms with Crippen LogP contribution in [-0.2, 0) is 10.0 Å². The Balaban J connectivity index is 3.02. The number of hydrogen-bond acceptors (Lipinski definition) is 5. The van der Waals surface area contributed by atoms with E-state index in [1.807, 2.05) is 13.8 Å². The quantitative estimate of drug-likeness (QED) is 0.783. The highest BCUT2D eigenvalue weighted by molar-refractivity contribution is 7.89. The molecule has 0 amide bonds. The molecule has 0 fully saturated rings. The van der Waals surface area contributed by atoms with Crippen molar-refractivity contribution in [3.8, 4) is 11.5 Å². The van der Waals surface area contributed by atoms with Gasteiger partial charge in [0.25, 0.3) is 0 Å². The van der Waals surface area contributed by atoms with E-state index in [0.717, 1.165) is 0 Å². The Morgan fingerprint density at radius 3 is 2.40 bits per heavy atom. The van der Waals surface area contributed by atoms with E-state index < -0.39 is 10.0 Å². The topological polar surface area (TPSA) is 90.6 Å². The van der Waals surface area contributed by atoms with Crippen LogP contribution in [0.15, 0.2) is 23.1 Å². The predicted octanol–water partition coefficient (Wildman–Crippen LogP) is 0.965. The zero-order chi connectivity index (χ0) is 15.3. The molecule has 0 aromatic heterocycles. The summed E-state index contributed by atoms with van der Waals surface area (Å²) in [5, 5.41) is 0. The van der Waals surface area contributed by atoms with Gasteiger partial charge < -0.3 is 15.2 Å². The first-order valence-electron chi connectivity index (χ1n) is 6.29. The summed E-state index contributed by atoms with van der Waals surface area (Å²) in [6.07, 6.45) is 0. The van der Waals surface area contributed by atoms with Crippen LogP contribution >= 0.6 is 0 Å². The van der Waals surface area contributed by atoms with Gasteiger partial charge in [0.2, 0.25) is 10.0 Å². The lowest BCUT2D eigenvalue weighted by Crippen LogP contribution is -2.40. The smallest absolute Gasteiger partial charge is 0.244 e. The second-order valence-electron chi connectivity index (χ2n) is 4.78. The van der Waals surface area contributed by atoms with E-state index in [4.69, 9.17) is 15.2 Å². The van der Waals surface area contributed by atoms with Crippen LogP contribution in [0.2, 0.25) is 0 Å². The minimum atomic E-state index is -3.70. The number of ether oxygens (including phenoxy) is 2. The third kappa shape index (κ3) is 4.09. The Morgan fingerprint density at radius 2 is 1.90 bits per heavy atom. The second-order valence-corrected chi connectivity index (χ2v) is 6.51. The molecule has 1 aromatic rings. The maximum Gasteiger partial charge on any atom is 0.244 e. The molecule has 0 aliphatic heterocycles. The number of nitrogens with one attached hydrogen (secondary N) is 1. The van der Waals surface area contributed by atoms with Crippen molar-refractivity contribution in [3.63, 3.8) is 0 Å². The fraction of sp³-hybridized carbons (Fsp3) is 0.538. The molecule has 1 unspecified atom stereocenters. The van der Waals surface area contributed by atoms with Gasteiger partial charge in [0.15, 0.2) is 0 Å². The third-order valence-electron chi connectivity index (χ3n) is 3.03. The number of hydrogen-bond donors (Lipinski definition) is 2. The first kappa shape index (κ1) is 16.7. The van der Waals surface area contributed by atoms with Crippen LogP contribution in [0.4, 0.5) is 0 Å². The molecule has 1 aromatic carbocycles. The molecule has 1 rings (SSSR count). The van der Waals surface area contributed by atoms with Crippen molar-refractivity contribution in [2.75, 3.05) is 20.8 Å². The van der Waals surface area contributed by atoms with Gasteiger partial charge in [0.05, 0.1) is 14.2 Å². The van der Waals surface area contributed by atoms with Crippen LogP contribution in [0.3, 0.4) is 0 Å². The Morgan fingerprint density at radius 1 is 1.25 bits per heavy atom. The maximum atomic E-state index is 12.3. The van der Waals surface area contributed by atoms with Crippen molar-refractivity contribution >= 4 is 10.0 Å². The molecule has 0 aliphatic rings. The number of methoxy groups -OCH3 is 2. The third-order valence-corrected chi connectivity index (χ3v) is 4.47. The second kappa shape index (κ2) is 6.92.